The molecule has 33 heavy (non-hydrogen) atoms. The molecular formula is C26H37N5OS. The van der Waals surface area contributed by atoms with Gasteiger partial charge in [-0.25, -0.2) is 4.98 Å². The molecule has 0 amide bonds. The van der Waals surface area contributed by atoms with Crippen molar-refractivity contribution in [2.24, 2.45) is 5.92 Å². The summed E-state index contributed by atoms with van der Waals surface area (Å²) < 4.78 is 14.7. The van der Waals surface area contributed by atoms with Crippen molar-refractivity contribution in [2.45, 2.75) is 52.1 Å². The molecule has 0 atom stereocenters. The van der Waals surface area contributed by atoms with Crippen LogP contribution in [0.4, 0.5) is 5.69 Å². The average molecular weight is 468 g/mol. The number of unbranched alkanes of at least 4 members (excludes halogenated alkanes) is 1. The number of hydrogen-bond acceptors (Lipinski definition) is 7. The maximum Gasteiger partial charge on any atom is 0.195 e. The molecule has 3 aromatic rings. The van der Waals surface area contributed by atoms with E-state index in [1.54, 1.807) is 0 Å². The van der Waals surface area contributed by atoms with Crippen LogP contribution in [-0.2, 0) is 11.3 Å². The number of anilines is 1. The summed E-state index contributed by atoms with van der Waals surface area (Å²) in [4.78, 5) is 9.37. The van der Waals surface area contributed by atoms with Crippen LogP contribution in [0.15, 0.2) is 42.6 Å². The molecule has 0 unspecified atom stereocenters. The third kappa shape index (κ3) is 7.19. The maximum atomic E-state index is 5.91. The zero-order chi connectivity index (χ0) is 22.7. The molecule has 2 aromatic heterocycles. The van der Waals surface area contributed by atoms with Crippen LogP contribution in [-0.4, -0.2) is 58.0 Å². The summed E-state index contributed by atoms with van der Waals surface area (Å²) in [5.41, 5.74) is 4.20. The molecule has 7 heteroatoms. The van der Waals surface area contributed by atoms with Crippen LogP contribution in [0.2, 0.25) is 0 Å². The lowest BCUT2D eigenvalue weighted by Crippen LogP contribution is -2.34. The number of pyridine rings is 1. The molecule has 3 heterocycles. The van der Waals surface area contributed by atoms with Gasteiger partial charge in [-0.1, -0.05) is 50.1 Å². The van der Waals surface area contributed by atoms with E-state index in [0.29, 0.717) is 6.61 Å². The van der Waals surface area contributed by atoms with Gasteiger partial charge in [0.2, 0.25) is 0 Å². The van der Waals surface area contributed by atoms with Gasteiger partial charge in [-0.2, -0.15) is 8.75 Å². The van der Waals surface area contributed by atoms with Gasteiger partial charge < -0.3 is 14.5 Å². The van der Waals surface area contributed by atoms with E-state index in [-0.39, 0.29) is 0 Å². The Morgan fingerprint density at radius 1 is 1.03 bits per heavy atom. The molecule has 0 saturated carbocycles. The van der Waals surface area contributed by atoms with Crippen molar-refractivity contribution in [3.05, 3.63) is 48.2 Å². The normalized spacial score (nSPS) is 15.0. The maximum absolute atomic E-state index is 5.91. The zero-order valence-electron chi connectivity index (χ0n) is 19.9. The van der Waals surface area contributed by atoms with Crippen LogP contribution in [0.1, 0.15) is 51.0 Å². The summed E-state index contributed by atoms with van der Waals surface area (Å²) >= 11 is 1.25. The van der Waals surface area contributed by atoms with Crippen LogP contribution in [0.5, 0.6) is 0 Å². The smallest absolute Gasteiger partial charge is 0.195 e. The topological polar surface area (TPSA) is 54.4 Å². The van der Waals surface area contributed by atoms with Crippen LogP contribution >= 0.6 is 11.7 Å². The number of ether oxygens (including phenoxy) is 1. The van der Waals surface area contributed by atoms with Crippen molar-refractivity contribution < 1.29 is 4.74 Å². The van der Waals surface area contributed by atoms with Gasteiger partial charge in [-0.15, -0.1) is 0 Å². The minimum Gasteiger partial charge on any atom is -0.375 e. The van der Waals surface area contributed by atoms with Crippen LogP contribution in [0.3, 0.4) is 0 Å². The first-order valence-electron chi connectivity index (χ1n) is 12.5. The summed E-state index contributed by atoms with van der Waals surface area (Å²) in [7, 11) is 0. The number of rotatable bonds is 13. The number of nitrogens with zero attached hydrogens (tertiary/aromatic N) is 5. The molecule has 1 aliphatic heterocycles. The lowest BCUT2D eigenvalue weighted by molar-refractivity contribution is 0.0917. The fourth-order valence-corrected chi connectivity index (χ4v) is 5.29. The van der Waals surface area contributed by atoms with Gasteiger partial charge in [0.25, 0.3) is 0 Å². The van der Waals surface area contributed by atoms with Crippen molar-refractivity contribution in [2.75, 3.05) is 44.2 Å². The molecule has 178 valence electrons. The second-order valence-corrected chi connectivity index (χ2v) is 9.60. The highest BCUT2D eigenvalue weighted by Crippen LogP contribution is 2.30. The van der Waals surface area contributed by atoms with Crippen molar-refractivity contribution in [1.82, 2.24) is 18.6 Å². The van der Waals surface area contributed by atoms with Crippen LogP contribution in [0.25, 0.3) is 11.2 Å². The van der Waals surface area contributed by atoms with Gasteiger partial charge in [-0.3, -0.25) is 0 Å². The number of aromatic nitrogens is 3. The van der Waals surface area contributed by atoms with E-state index in [9.17, 15) is 0 Å². The lowest BCUT2D eigenvalue weighted by Gasteiger charge is -2.33. The Labute approximate surface area is 202 Å². The Morgan fingerprint density at radius 3 is 2.70 bits per heavy atom. The first-order chi connectivity index (χ1) is 16.3. The Morgan fingerprint density at radius 2 is 1.88 bits per heavy atom. The molecule has 0 spiro atoms. The van der Waals surface area contributed by atoms with Gasteiger partial charge in [0, 0.05) is 25.8 Å². The second-order valence-electron chi connectivity index (χ2n) is 9.07. The summed E-state index contributed by atoms with van der Waals surface area (Å²) in [6.45, 7) is 9.40. The minimum absolute atomic E-state index is 0.712. The first-order valence-corrected chi connectivity index (χ1v) is 13.2. The number of benzene rings is 1. The van der Waals surface area contributed by atoms with E-state index >= 15 is 0 Å². The van der Waals surface area contributed by atoms with E-state index in [4.69, 9.17) is 4.74 Å². The standard InChI is InChI=1S/C26H37N5OS/c1-2-15-30(19-20-32-21-23-9-4-3-5-10-23)16-7-6-8-22-12-17-31(18-13-22)24-11-14-27-26-25(24)28-33-29-26/h3-5,9-11,14,22H,2,6-8,12-13,15-21H2,1H3. The van der Waals surface area contributed by atoms with Crippen molar-refractivity contribution in [1.29, 1.82) is 0 Å². The predicted octanol–water partition coefficient (Wildman–Crippen LogP) is 5.40. The molecule has 0 aliphatic carbocycles. The van der Waals surface area contributed by atoms with E-state index < -0.39 is 0 Å². The fourth-order valence-electron chi connectivity index (χ4n) is 4.78. The number of piperidine rings is 1. The molecule has 1 saturated heterocycles. The average Bonchev–Trinajstić information content (AvgIpc) is 3.35. The van der Waals surface area contributed by atoms with E-state index in [0.717, 1.165) is 43.3 Å². The molecular weight excluding hydrogens is 430 g/mol. The van der Waals surface area contributed by atoms with Crippen molar-refractivity contribution >= 4 is 28.6 Å². The van der Waals surface area contributed by atoms with E-state index in [2.05, 4.69) is 60.8 Å². The SMILES string of the molecule is CCCN(CCCCC1CCN(c2ccnc3nsnc23)CC1)CCOCc1ccccc1. The summed E-state index contributed by atoms with van der Waals surface area (Å²) in [5, 5.41) is 0. The molecule has 1 fully saturated rings. The summed E-state index contributed by atoms with van der Waals surface area (Å²) in [6, 6.07) is 12.5. The molecule has 0 radical (unpaired) electrons. The van der Waals surface area contributed by atoms with Crippen LogP contribution < -0.4 is 4.90 Å². The highest BCUT2D eigenvalue weighted by molar-refractivity contribution is 7.00. The third-order valence-corrected chi connectivity index (χ3v) is 7.16. The number of hydrogen-bond donors (Lipinski definition) is 0. The van der Waals surface area contributed by atoms with Gasteiger partial charge in [0.15, 0.2) is 5.65 Å². The van der Waals surface area contributed by atoms with E-state index in [1.807, 2.05) is 12.3 Å². The highest BCUT2D eigenvalue weighted by atomic mass is 32.1. The first kappa shape index (κ1) is 24.0. The largest absolute Gasteiger partial charge is 0.375 e. The molecule has 0 bridgehead atoms. The number of fused-ring (bicyclic) bond motifs is 1. The summed E-state index contributed by atoms with van der Waals surface area (Å²) in [5.74, 6) is 0.848. The Balaban J connectivity index is 1.11. The van der Waals surface area contributed by atoms with Crippen LogP contribution in [0, 0.1) is 5.92 Å². The molecule has 1 aromatic carbocycles. The van der Waals surface area contributed by atoms with Gasteiger partial charge in [0.1, 0.15) is 5.52 Å². The van der Waals surface area contributed by atoms with Crippen molar-refractivity contribution in [3.63, 3.8) is 0 Å². The highest BCUT2D eigenvalue weighted by Gasteiger charge is 2.21. The molecule has 4 rings (SSSR count). The quantitative estimate of drug-likeness (QED) is 0.314. The molecule has 1 aliphatic rings. The Kier molecular flexibility index (Phi) is 9.45. The Bertz CT molecular complexity index is 942. The summed E-state index contributed by atoms with van der Waals surface area (Å²) in [6.07, 6.45) is 9.57. The third-order valence-electron chi connectivity index (χ3n) is 6.64. The Hall–Kier alpha value is -2.09. The minimum atomic E-state index is 0.712. The zero-order valence-corrected chi connectivity index (χ0v) is 20.7. The molecule has 6 nitrogen and oxygen atoms in total. The fraction of sp³-hybridized carbons (Fsp3) is 0.577. The molecule has 0 N–H and O–H groups in total. The van der Waals surface area contributed by atoms with Gasteiger partial charge >= 0.3 is 0 Å². The van der Waals surface area contributed by atoms with E-state index in [1.165, 1.54) is 74.6 Å². The van der Waals surface area contributed by atoms with Crippen molar-refractivity contribution in [3.8, 4) is 0 Å². The van der Waals surface area contributed by atoms with Gasteiger partial charge in [0.05, 0.1) is 30.6 Å². The van der Waals surface area contributed by atoms with Gasteiger partial charge in [-0.05, 0) is 56.3 Å². The monoisotopic (exact) mass is 467 g/mol. The predicted molar refractivity (Wildman–Crippen MR) is 137 cm³/mol. The second kappa shape index (κ2) is 13.0. The lowest BCUT2D eigenvalue weighted by atomic mass is 9.91.